The van der Waals surface area contributed by atoms with E-state index < -0.39 is 18.2 Å². The number of amides is 1. The van der Waals surface area contributed by atoms with Crippen LogP contribution >= 0.6 is 0 Å². The first kappa shape index (κ1) is 57.3. The summed E-state index contributed by atoms with van der Waals surface area (Å²) in [7, 11) is 0. The van der Waals surface area contributed by atoms with Crippen molar-refractivity contribution in [3.05, 3.63) is 24.3 Å². The third-order valence-electron chi connectivity index (χ3n) is 12.0. The molecule has 0 aliphatic heterocycles. The smallest absolute Gasteiger partial charge is 0.306 e. The summed E-state index contributed by atoms with van der Waals surface area (Å²) < 4.78 is 5.93. The van der Waals surface area contributed by atoms with Gasteiger partial charge in [-0.05, 0) is 77.0 Å². The van der Waals surface area contributed by atoms with Gasteiger partial charge in [-0.1, -0.05) is 212 Å². The summed E-state index contributed by atoms with van der Waals surface area (Å²) in [4.78, 5) is 26.1. The topological polar surface area (TPSA) is 95.9 Å². The molecule has 348 valence electrons. The predicted octanol–water partition coefficient (Wildman–Crippen LogP) is 15.5. The summed E-state index contributed by atoms with van der Waals surface area (Å²) in [6.07, 6.45) is 53.8. The molecule has 0 fully saturated rings. The quantitative estimate of drug-likeness (QED) is 0.0322. The number of nitrogens with one attached hydrogen (secondary N) is 1. The van der Waals surface area contributed by atoms with Crippen molar-refractivity contribution in [1.29, 1.82) is 0 Å². The maximum Gasteiger partial charge on any atom is 0.306 e. The average molecular weight is 832 g/mol. The summed E-state index contributed by atoms with van der Waals surface area (Å²) in [5.74, 6) is -0.488. The first-order valence-corrected chi connectivity index (χ1v) is 26.1. The molecule has 0 aromatic carbocycles. The molecule has 0 radical (unpaired) electrons. The molecule has 0 saturated heterocycles. The van der Waals surface area contributed by atoms with Gasteiger partial charge in [0.1, 0.15) is 6.10 Å². The second-order valence-electron chi connectivity index (χ2n) is 17.9. The van der Waals surface area contributed by atoms with Gasteiger partial charge < -0.3 is 20.3 Å². The van der Waals surface area contributed by atoms with E-state index in [1.54, 1.807) is 0 Å². The second-order valence-corrected chi connectivity index (χ2v) is 17.9. The van der Waals surface area contributed by atoms with Crippen LogP contribution in [0.1, 0.15) is 278 Å². The third-order valence-corrected chi connectivity index (χ3v) is 12.0. The van der Waals surface area contributed by atoms with Gasteiger partial charge in [0, 0.05) is 6.42 Å². The third kappa shape index (κ3) is 42.8. The number of carbonyl (C=O) groups excluding carboxylic acids is 2. The zero-order chi connectivity index (χ0) is 43.1. The van der Waals surface area contributed by atoms with E-state index in [-0.39, 0.29) is 24.9 Å². The van der Waals surface area contributed by atoms with Gasteiger partial charge in [-0.3, -0.25) is 9.59 Å². The lowest BCUT2D eigenvalue weighted by atomic mass is 10.0. The molecule has 0 aliphatic rings. The van der Waals surface area contributed by atoms with E-state index in [9.17, 15) is 19.8 Å². The van der Waals surface area contributed by atoms with E-state index in [2.05, 4.69) is 50.4 Å². The summed E-state index contributed by atoms with van der Waals surface area (Å²) in [6.45, 7) is 6.47. The number of aliphatic hydroxyl groups excluding tert-OH is 2. The Bertz CT molecular complexity index is 935. The van der Waals surface area contributed by atoms with Crippen molar-refractivity contribution < 1.29 is 24.5 Å². The molecule has 0 aliphatic carbocycles. The number of carbonyl (C=O) groups is 2. The Kier molecular flexibility index (Phi) is 46.1. The monoisotopic (exact) mass is 832 g/mol. The van der Waals surface area contributed by atoms with Crippen molar-refractivity contribution in [2.75, 3.05) is 6.61 Å². The van der Waals surface area contributed by atoms with Gasteiger partial charge >= 0.3 is 5.97 Å². The van der Waals surface area contributed by atoms with E-state index in [0.717, 1.165) is 70.6 Å². The minimum Gasteiger partial charge on any atom is -0.462 e. The Morgan fingerprint density at radius 2 is 0.814 bits per heavy atom. The number of aliphatic hydroxyl groups is 2. The minimum atomic E-state index is -0.788. The molecule has 6 nitrogen and oxygen atoms in total. The summed E-state index contributed by atoms with van der Waals surface area (Å²) in [5, 5.41) is 23.7. The Morgan fingerprint density at radius 1 is 0.475 bits per heavy atom. The van der Waals surface area contributed by atoms with Crippen molar-refractivity contribution in [1.82, 2.24) is 5.32 Å². The fourth-order valence-electron chi connectivity index (χ4n) is 8.01. The molecular formula is C53H101NO5. The zero-order valence-electron chi connectivity index (χ0n) is 39.7. The lowest BCUT2D eigenvalue weighted by molar-refractivity contribution is -0.151. The molecular weight excluding hydrogens is 731 g/mol. The number of esters is 1. The van der Waals surface area contributed by atoms with Crippen LogP contribution in [0.3, 0.4) is 0 Å². The van der Waals surface area contributed by atoms with E-state index in [1.165, 1.54) is 161 Å². The first-order chi connectivity index (χ1) is 29.0. The van der Waals surface area contributed by atoms with Crippen LogP contribution in [-0.2, 0) is 14.3 Å². The van der Waals surface area contributed by atoms with Crippen molar-refractivity contribution in [2.45, 2.75) is 296 Å². The number of allylic oxidation sites excluding steroid dienone is 4. The van der Waals surface area contributed by atoms with Gasteiger partial charge in [-0.15, -0.1) is 0 Å². The molecule has 0 saturated carbocycles. The Labute approximate surface area is 367 Å². The van der Waals surface area contributed by atoms with Crippen LogP contribution < -0.4 is 5.32 Å². The molecule has 0 bridgehead atoms. The largest absolute Gasteiger partial charge is 0.462 e. The number of unbranched alkanes of at least 4 members (excludes halogenated alkanes) is 31. The molecule has 1 amide bonds. The molecule has 0 rings (SSSR count). The average Bonchev–Trinajstić information content (AvgIpc) is 3.23. The lowest BCUT2D eigenvalue weighted by Crippen LogP contribution is -2.46. The molecule has 3 unspecified atom stereocenters. The number of hydrogen-bond acceptors (Lipinski definition) is 5. The van der Waals surface area contributed by atoms with Gasteiger partial charge in [-0.2, -0.15) is 0 Å². The molecule has 0 aromatic heterocycles. The molecule has 59 heavy (non-hydrogen) atoms. The van der Waals surface area contributed by atoms with Crippen LogP contribution in [0.5, 0.6) is 0 Å². The van der Waals surface area contributed by atoms with Crippen molar-refractivity contribution in [3.8, 4) is 0 Å². The lowest BCUT2D eigenvalue weighted by Gasteiger charge is -2.24. The first-order valence-electron chi connectivity index (χ1n) is 26.1. The van der Waals surface area contributed by atoms with Crippen LogP contribution in [0.25, 0.3) is 0 Å². The van der Waals surface area contributed by atoms with Crippen molar-refractivity contribution in [2.24, 2.45) is 0 Å². The number of rotatable bonds is 47. The predicted molar refractivity (Wildman–Crippen MR) is 255 cm³/mol. The standard InChI is InChI=1S/C53H101NO5/c1-4-7-10-13-16-19-22-24-26-27-29-31-34-37-40-43-46-53(58)59-49(44-41-38-35-32-30-28-25-23-20-17-14-11-8-5-2)47-52(57)54-50(48-55)51(56)45-42-39-36-33-21-18-15-12-9-6-3/h26-28,30,49-51,55-56H,4-25,29,31-48H2,1-3H3,(H,54,57)/b27-26+,30-28+. The minimum absolute atomic E-state index is 0.0675. The van der Waals surface area contributed by atoms with Crippen LogP contribution in [0.2, 0.25) is 0 Å². The van der Waals surface area contributed by atoms with Crippen molar-refractivity contribution >= 4 is 11.9 Å². The highest BCUT2D eigenvalue weighted by Crippen LogP contribution is 2.17. The summed E-state index contributed by atoms with van der Waals surface area (Å²) >= 11 is 0. The maximum absolute atomic E-state index is 13.2. The Balaban J connectivity index is 4.58. The SMILES string of the molecule is CCCCCCCCC/C=C/CCCCCCCC(=O)OC(CCCCC/C=C/CCCCCCCCC)CC(=O)NC(CO)C(O)CCCCCCCCCCCC. The summed E-state index contributed by atoms with van der Waals surface area (Å²) in [5.41, 5.74) is 0. The van der Waals surface area contributed by atoms with E-state index >= 15 is 0 Å². The number of ether oxygens (including phenoxy) is 1. The molecule has 3 N–H and O–H groups in total. The number of hydrogen-bond donors (Lipinski definition) is 3. The van der Waals surface area contributed by atoms with Gasteiger partial charge in [0.2, 0.25) is 5.91 Å². The van der Waals surface area contributed by atoms with Gasteiger partial charge in [-0.25, -0.2) is 0 Å². The maximum atomic E-state index is 13.2. The molecule has 0 aromatic rings. The van der Waals surface area contributed by atoms with E-state index in [1.807, 2.05) is 0 Å². The Morgan fingerprint density at radius 3 is 1.22 bits per heavy atom. The van der Waals surface area contributed by atoms with Crippen LogP contribution in [0.15, 0.2) is 24.3 Å². The fourth-order valence-corrected chi connectivity index (χ4v) is 8.01. The molecule has 0 spiro atoms. The molecule has 0 heterocycles. The highest BCUT2D eigenvalue weighted by atomic mass is 16.5. The van der Waals surface area contributed by atoms with Gasteiger partial charge in [0.25, 0.3) is 0 Å². The van der Waals surface area contributed by atoms with Crippen LogP contribution in [0, 0.1) is 0 Å². The normalized spacial score (nSPS) is 13.4. The highest BCUT2D eigenvalue weighted by Gasteiger charge is 2.24. The zero-order valence-corrected chi connectivity index (χ0v) is 39.7. The molecule has 3 atom stereocenters. The van der Waals surface area contributed by atoms with Crippen LogP contribution in [-0.4, -0.2) is 46.9 Å². The summed E-state index contributed by atoms with van der Waals surface area (Å²) in [6, 6.07) is -0.703. The van der Waals surface area contributed by atoms with Gasteiger partial charge in [0.15, 0.2) is 0 Å². The van der Waals surface area contributed by atoms with Crippen molar-refractivity contribution in [3.63, 3.8) is 0 Å². The van der Waals surface area contributed by atoms with Gasteiger partial charge in [0.05, 0.1) is 25.2 Å². The van der Waals surface area contributed by atoms with E-state index in [0.29, 0.717) is 19.3 Å². The second kappa shape index (κ2) is 47.4. The van der Waals surface area contributed by atoms with E-state index in [4.69, 9.17) is 4.74 Å². The van der Waals surface area contributed by atoms with Crippen LogP contribution in [0.4, 0.5) is 0 Å². The molecule has 6 heteroatoms. The Hall–Kier alpha value is -1.66. The highest BCUT2D eigenvalue weighted by molar-refractivity contribution is 5.77. The fraction of sp³-hybridized carbons (Fsp3) is 0.887.